The van der Waals surface area contributed by atoms with Crippen molar-refractivity contribution >= 4 is 12.3 Å². The van der Waals surface area contributed by atoms with Gasteiger partial charge in [-0.2, -0.15) is 0 Å². The van der Waals surface area contributed by atoms with Crippen molar-refractivity contribution in [3.63, 3.8) is 0 Å². The van der Waals surface area contributed by atoms with Crippen molar-refractivity contribution in [1.29, 1.82) is 0 Å². The Bertz CT molecular complexity index is 230. The summed E-state index contributed by atoms with van der Waals surface area (Å²) >= 11 is 0. The third-order valence-electron chi connectivity index (χ3n) is 1.95. The molecule has 0 saturated heterocycles. The van der Waals surface area contributed by atoms with Crippen LogP contribution in [0.4, 0.5) is 0 Å². The average Bonchev–Trinajstić information content (AvgIpc) is 2.32. The molecule has 4 N–H and O–H groups in total. The second-order valence-electron chi connectivity index (χ2n) is 3.20. The fourth-order valence-electron chi connectivity index (χ4n) is 0.937. The molecule has 0 aromatic carbocycles. The van der Waals surface area contributed by atoms with Gasteiger partial charge in [-0.1, -0.05) is 6.92 Å². The summed E-state index contributed by atoms with van der Waals surface area (Å²) in [5, 5.41) is 36.0. The predicted octanol–water partition coefficient (Wildman–Crippen LogP) is -2.42. The number of hydrogen-bond acceptors (Lipinski definition) is 7. The minimum atomic E-state index is -1.75. The molecule has 0 aliphatic carbocycles. The van der Waals surface area contributed by atoms with Gasteiger partial charge >= 0.3 is 5.97 Å². The normalized spacial score (nSPS) is 18.3. The van der Waals surface area contributed by atoms with Crippen LogP contribution in [0.2, 0.25) is 0 Å². The molecule has 0 aromatic rings. The van der Waals surface area contributed by atoms with Crippen LogP contribution in [-0.2, 0) is 14.3 Å². The maximum Gasteiger partial charge on any atom is 0.335 e. The van der Waals surface area contributed by atoms with E-state index in [2.05, 4.69) is 4.74 Å². The van der Waals surface area contributed by atoms with Gasteiger partial charge in [0.2, 0.25) is 0 Å². The van der Waals surface area contributed by atoms with Crippen molar-refractivity contribution < 1.29 is 34.8 Å². The van der Waals surface area contributed by atoms with Crippen LogP contribution in [0.5, 0.6) is 0 Å². The summed E-state index contributed by atoms with van der Waals surface area (Å²) in [6.45, 7) is 0.741. The van der Waals surface area contributed by atoms with Crippen LogP contribution < -0.4 is 0 Å². The molecule has 7 heteroatoms. The van der Waals surface area contributed by atoms with E-state index in [9.17, 15) is 14.7 Å². The Morgan fingerprint density at radius 1 is 1.38 bits per heavy atom. The van der Waals surface area contributed by atoms with E-state index >= 15 is 0 Å². The minimum absolute atomic E-state index is 0.0646. The molecular weight excluding hydrogens is 220 g/mol. The maximum absolute atomic E-state index is 11.1. The Morgan fingerprint density at radius 3 is 2.31 bits per heavy atom. The van der Waals surface area contributed by atoms with Gasteiger partial charge in [0.1, 0.15) is 12.2 Å². The zero-order chi connectivity index (χ0) is 12.7. The van der Waals surface area contributed by atoms with Gasteiger partial charge in [-0.05, 0) is 6.42 Å². The standard InChI is InChI=1S/C9H16O7/c1-2-5(12)9(15)16-8(6(13)3-10)7(14)4-11/h3,5-8,11-14H,2,4H2,1H3/t5?,6-,7-,8+/m1/s1. The number of ether oxygens (including phenoxy) is 1. The third-order valence-corrected chi connectivity index (χ3v) is 1.95. The van der Waals surface area contributed by atoms with Gasteiger partial charge in [-0.25, -0.2) is 4.79 Å². The van der Waals surface area contributed by atoms with Gasteiger partial charge in [-0.15, -0.1) is 0 Å². The maximum atomic E-state index is 11.1. The molecule has 0 saturated carbocycles. The van der Waals surface area contributed by atoms with Gasteiger partial charge in [0, 0.05) is 0 Å². The number of carbonyl (C=O) groups excluding carboxylic acids is 2. The summed E-state index contributed by atoms with van der Waals surface area (Å²) in [7, 11) is 0. The molecule has 0 bridgehead atoms. The van der Waals surface area contributed by atoms with Crippen molar-refractivity contribution in [2.45, 2.75) is 37.8 Å². The van der Waals surface area contributed by atoms with Crippen LogP contribution in [0.25, 0.3) is 0 Å². The first-order valence-electron chi connectivity index (χ1n) is 4.78. The van der Waals surface area contributed by atoms with Crippen LogP contribution >= 0.6 is 0 Å². The Balaban J connectivity index is 4.54. The monoisotopic (exact) mass is 236 g/mol. The van der Waals surface area contributed by atoms with E-state index in [-0.39, 0.29) is 12.7 Å². The first kappa shape index (κ1) is 15.0. The molecule has 0 amide bonds. The van der Waals surface area contributed by atoms with Crippen LogP contribution in [0.15, 0.2) is 0 Å². The molecule has 0 heterocycles. The van der Waals surface area contributed by atoms with Crippen LogP contribution in [0, 0.1) is 0 Å². The zero-order valence-corrected chi connectivity index (χ0v) is 8.81. The Labute approximate surface area is 92.3 Å². The van der Waals surface area contributed by atoms with Gasteiger partial charge < -0.3 is 30.0 Å². The largest absolute Gasteiger partial charge is 0.454 e. The topological polar surface area (TPSA) is 124 Å². The predicted molar refractivity (Wildman–Crippen MR) is 51.3 cm³/mol. The van der Waals surface area contributed by atoms with Crippen LogP contribution in [-0.4, -0.2) is 63.7 Å². The van der Waals surface area contributed by atoms with E-state index in [1.165, 1.54) is 6.92 Å². The lowest BCUT2D eigenvalue weighted by atomic mass is 10.1. The lowest BCUT2D eigenvalue weighted by Crippen LogP contribution is -2.45. The lowest BCUT2D eigenvalue weighted by Gasteiger charge is -2.24. The Hall–Kier alpha value is -1.02. The van der Waals surface area contributed by atoms with E-state index in [0.717, 1.165) is 0 Å². The van der Waals surface area contributed by atoms with Gasteiger partial charge in [-0.3, -0.25) is 0 Å². The first-order valence-corrected chi connectivity index (χ1v) is 4.78. The van der Waals surface area contributed by atoms with Crippen LogP contribution in [0.1, 0.15) is 13.3 Å². The molecule has 0 aliphatic rings. The number of aliphatic hydroxyl groups excluding tert-OH is 4. The highest BCUT2D eigenvalue weighted by molar-refractivity contribution is 5.75. The van der Waals surface area contributed by atoms with E-state index in [0.29, 0.717) is 0 Å². The molecule has 0 fully saturated rings. The second-order valence-corrected chi connectivity index (χ2v) is 3.20. The zero-order valence-electron chi connectivity index (χ0n) is 8.81. The van der Waals surface area contributed by atoms with Gasteiger partial charge in [0.25, 0.3) is 0 Å². The highest BCUT2D eigenvalue weighted by Crippen LogP contribution is 2.07. The van der Waals surface area contributed by atoms with Crippen molar-refractivity contribution in [2.24, 2.45) is 0 Å². The number of aldehydes is 1. The first-order chi connectivity index (χ1) is 7.47. The lowest BCUT2D eigenvalue weighted by molar-refractivity contribution is -0.176. The summed E-state index contributed by atoms with van der Waals surface area (Å²) < 4.78 is 4.53. The fourth-order valence-corrected chi connectivity index (χ4v) is 0.937. The summed E-state index contributed by atoms with van der Waals surface area (Å²) in [5.74, 6) is -1.07. The fraction of sp³-hybridized carbons (Fsp3) is 0.778. The summed E-state index contributed by atoms with van der Waals surface area (Å²) in [4.78, 5) is 21.4. The molecule has 0 radical (unpaired) electrons. The van der Waals surface area contributed by atoms with Crippen LogP contribution in [0.3, 0.4) is 0 Å². The Kier molecular flexibility index (Phi) is 6.82. The number of carbonyl (C=O) groups is 2. The molecular formula is C9H16O7. The molecule has 0 aromatic heterocycles. The third kappa shape index (κ3) is 4.23. The van der Waals surface area contributed by atoms with Gasteiger partial charge in [0.15, 0.2) is 18.5 Å². The molecule has 1 unspecified atom stereocenters. The SMILES string of the molecule is CCC(O)C(=O)O[C@@H]([C@H](O)C=O)[C@H](O)CO. The molecule has 0 spiro atoms. The summed E-state index contributed by atoms with van der Waals surface area (Å²) in [6, 6.07) is 0. The van der Waals surface area contributed by atoms with Crippen molar-refractivity contribution in [2.75, 3.05) is 6.61 Å². The molecule has 7 nitrogen and oxygen atoms in total. The molecule has 94 valence electrons. The van der Waals surface area contributed by atoms with Crippen molar-refractivity contribution in [3.8, 4) is 0 Å². The molecule has 4 atom stereocenters. The number of esters is 1. The molecule has 0 rings (SSSR count). The van der Waals surface area contributed by atoms with E-state index < -0.39 is 37.0 Å². The average molecular weight is 236 g/mol. The summed E-state index contributed by atoms with van der Waals surface area (Å²) in [5.41, 5.74) is 0. The van der Waals surface area contributed by atoms with Gasteiger partial charge in [0.05, 0.1) is 6.61 Å². The minimum Gasteiger partial charge on any atom is -0.454 e. The van der Waals surface area contributed by atoms with E-state index in [1.54, 1.807) is 0 Å². The second kappa shape index (κ2) is 7.29. The molecule has 0 aliphatic heterocycles. The van der Waals surface area contributed by atoms with Crippen molar-refractivity contribution in [1.82, 2.24) is 0 Å². The molecule has 16 heavy (non-hydrogen) atoms. The Morgan fingerprint density at radius 2 is 1.94 bits per heavy atom. The number of hydrogen-bond donors (Lipinski definition) is 4. The summed E-state index contributed by atoms with van der Waals surface area (Å²) in [6.07, 6.45) is -6.17. The smallest absolute Gasteiger partial charge is 0.335 e. The quantitative estimate of drug-likeness (QED) is 0.286. The number of aliphatic hydroxyl groups is 4. The highest BCUT2D eigenvalue weighted by atomic mass is 16.6. The van der Waals surface area contributed by atoms with Crippen molar-refractivity contribution in [3.05, 3.63) is 0 Å². The van der Waals surface area contributed by atoms with E-state index in [1.807, 2.05) is 0 Å². The van der Waals surface area contributed by atoms with E-state index in [4.69, 9.17) is 15.3 Å². The number of rotatable bonds is 7. The highest BCUT2D eigenvalue weighted by Gasteiger charge is 2.31.